The van der Waals surface area contributed by atoms with Gasteiger partial charge in [0.25, 0.3) is 5.91 Å². The SMILES string of the molecule is O=C(N[C@@H]1CC[C@@H](CCn2cc(Cc3ccccc3)nn2)O[C@H]1CO)c1cnccn1. The number of carbonyl (C=O) groups is 1. The molecule has 1 amide bonds. The van der Waals surface area contributed by atoms with Crippen LogP contribution in [0.1, 0.15) is 41.0 Å². The maximum atomic E-state index is 12.3. The van der Waals surface area contributed by atoms with Crippen LogP contribution in [0.2, 0.25) is 0 Å². The van der Waals surface area contributed by atoms with E-state index in [9.17, 15) is 9.90 Å². The number of hydrogen-bond acceptors (Lipinski definition) is 7. The Balaban J connectivity index is 1.26. The Morgan fingerprint density at radius 3 is 2.87 bits per heavy atom. The number of aryl methyl sites for hydroxylation is 1. The molecule has 4 rings (SSSR count). The van der Waals surface area contributed by atoms with E-state index in [-0.39, 0.29) is 30.4 Å². The molecule has 31 heavy (non-hydrogen) atoms. The number of aliphatic hydroxyl groups is 1. The minimum absolute atomic E-state index is 0.0106. The van der Waals surface area contributed by atoms with Crippen LogP contribution in [0.5, 0.6) is 0 Å². The molecule has 1 aromatic carbocycles. The van der Waals surface area contributed by atoms with Gasteiger partial charge in [-0.3, -0.25) is 14.5 Å². The average Bonchev–Trinajstić information content (AvgIpc) is 3.26. The van der Waals surface area contributed by atoms with Crippen molar-refractivity contribution in [3.05, 3.63) is 72.1 Å². The van der Waals surface area contributed by atoms with Crippen LogP contribution in [0.3, 0.4) is 0 Å². The Kier molecular flexibility index (Phi) is 6.96. The summed E-state index contributed by atoms with van der Waals surface area (Å²) >= 11 is 0. The van der Waals surface area contributed by atoms with Crippen molar-refractivity contribution in [2.45, 2.75) is 50.5 Å². The number of rotatable bonds is 8. The number of nitrogens with one attached hydrogen (secondary N) is 1. The van der Waals surface area contributed by atoms with Crippen molar-refractivity contribution in [3.63, 3.8) is 0 Å². The standard InChI is InChI=1S/C22H26N6O3/c29-15-21-19(25-22(30)20-13-23-9-10-24-20)7-6-18(31-21)8-11-28-14-17(26-27-28)12-16-4-2-1-3-5-16/h1-5,9-10,13-14,18-19,21,29H,6-8,11-12,15H2,(H,25,30)/t18-,19+,21-/m0/s1. The second-order valence-corrected chi connectivity index (χ2v) is 7.65. The van der Waals surface area contributed by atoms with E-state index in [4.69, 9.17) is 4.74 Å². The molecule has 0 saturated carbocycles. The van der Waals surface area contributed by atoms with Crippen LogP contribution >= 0.6 is 0 Å². The van der Waals surface area contributed by atoms with Crippen LogP contribution in [-0.2, 0) is 17.7 Å². The molecule has 1 aliphatic rings. The molecule has 0 bridgehead atoms. The molecule has 2 N–H and O–H groups in total. The van der Waals surface area contributed by atoms with Crippen molar-refractivity contribution in [1.82, 2.24) is 30.3 Å². The normalized spacial score (nSPS) is 21.0. The zero-order chi connectivity index (χ0) is 21.5. The number of amides is 1. The third-order valence-electron chi connectivity index (χ3n) is 5.40. The summed E-state index contributed by atoms with van der Waals surface area (Å²) in [4.78, 5) is 20.2. The van der Waals surface area contributed by atoms with Gasteiger partial charge in [0.05, 0.1) is 30.6 Å². The quantitative estimate of drug-likeness (QED) is 0.564. The van der Waals surface area contributed by atoms with E-state index >= 15 is 0 Å². The Morgan fingerprint density at radius 2 is 2.10 bits per heavy atom. The first-order valence-electron chi connectivity index (χ1n) is 10.5. The number of carbonyl (C=O) groups excluding carboxylic acids is 1. The van der Waals surface area contributed by atoms with Gasteiger partial charge in [0.2, 0.25) is 0 Å². The zero-order valence-electron chi connectivity index (χ0n) is 17.2. The highest BCUT2D eigenvalue weighted by molar-refractivity contribution is 5.92. The zero-order valence-corrected chi connectivity index (χ0v) is 17.2. The molecule has 3 heterocycles. The fourth-order valence-electron chi connectivity index (χ4n) is 3.78. The lowest BCUT2D eigenvalue weighted by molar-refractivity contribution is -0.0912. The Bertz CT molecular complexity index is 966. The highest BCUT2D eigenvalue weighted by atomic mass is 16.5. The van der Waals surface area contributed by atoms with Crippen molar-refractivity contribution >= 4 is 5.91 Å². The fraction of sp³-hybridized carbons (Fsp3) is 0.409. The van der Waals surface area contributed by atoms with E-state index < -0.39 is 6.10 Å². The fourth-order valence-corrected chi connectivity index (χ4v) is 3.78. The highest BCUT2D eigenvalue weighted by Gasteiger charge is 2.32. The van der Waals surface area contributed by atoms with Gasteiger partial charge in [-0.05, 0) is 24.8 Å². The Hall–Kier alpha value is -3.17. The molecule has 0 radical (unpaired) electrons. The second-order valence-electron chi connectivity index (χ2n) is 7.65. The van der Waals surface area contributed by atoms with Crippen LogP contribution < -0.4 is 5.32 Å². The molecule has 0 spiro atoms. The molecule has 3 aromatic rings. The molecule has 0 aliphatic carbocycles. The smallest absolute Gasteiger partial charge is 0.271 e. The van der Waals surface area contributed by atoms with E-state index in [0.29, 0.717) is 6.54 Å². The topological polar surface area (TPSA) is 115 Å². The van der Waals surface area contributed by atoms with Crippen LogP contribution in [-0.4, -0.2) is 60.8 Å². The maximum absolute atomic E-state index is 12.3. The summed E-state index contributed by atoms with van der Waals surface area (Å²) in [6, 6.07) is 9.91. The van der Waals surface area contributed by atoms with Gasteiger partial charge in [0, 0.05) is 31.6 Å². The molecular formula is C22H26N6O3. The van der Waals surface area contributed by atoms with Crippen LogP contribution in [0.4, 0.5) is 0 Å². The first-order valence-corrected chi connectivity index (χ1v) is 10.5. The predicted molar refractivity (Wildman–Crippen MR) is 112 cm³/mol. The molecule has 2 aromatic heterocycles. The number of aliphatic hydroxyl groups excluding tert-OH is 1. The monoisotopic (exact) mass is 422 g/mol. The number of ether oxygens (including phenoxy) is 1. The summed E-state index contributed by atoms with van der Waals surface area (Å²) in [5, 5.41) is 21.1. The molecule has 9 heteroatoms. The number of aromatic nitrogens is 5. The Morgan fingerprint density at radius 1 is 1.23 bits per heavy atom. The molecule has 1 saturated heterocycles. The third kappa shape index (κ3) is 5.71. The predicted octanol–water partition coefficient (Wildman–Crippen LogP) is 1.39. The van der Waals surface area contributed by atoms with Crippen molar-refractivity contribution < 1.29 is 14.6 Å². The van der Waals surface area contributed by atoms with Crippen molar-refractivity contribution in [3.8, 4) is 0 Å². The minimum Gasteiger partial charge on any atom is -0.394 e. The molecule has 162 valence electrons. The lowest BCUT2D eigenvalue weighted by atomic mass is 9.97. The lowest BCUT2D eigenvalue weighted by Gasteiger charge is -2.36. The number of nitrogens with zero attached hydrogens (tertiary/aromatic N) is 5. The summed E-state index contributed by atoms with van der Waals surface area (Å²) in [6.07, 6.45) is 8.92. The minimum atomic E-state index is -0.455. The molecular weight excluding hydrogens is 396 g/mol. The van der Waals surface area contributed by atoms with Gasteiger partial charge >= 0.3 is 0 Å². The van der Waals surface area contributed by atoms with Gasteiger partial charge in [0.1, 0.15) is 11.8 Å². The van der Waals surface area contributed by atoms with E-state index in [1.165, 1.54) is 24.2 Å². The van der Waals surface area contributed by atoms with E-state index in [2.05, 4.69) is 37.7 Å². The van der Waals surface area contributed by atoms with E-state index in [1.54, 1.807) is 0 Å². The van der Waals surface area contributed by atoms with Crippen LogP contribution in [0.25, 0.3) is 0 Å². The van der Waals surface area contributed by atoms with Crippen molar-refractivity contribution in [2.75, 3.05) is 6.61 Å². The first-order chi connectivity index (χ1) is 15.2. The average molecular weight is 422 g/mol. The Labute approximate surface area is 180 Å². The molecule has 3 atom stereocenters. The van der Waals surface area contributed by atoms with Crippen molar-refractivity contribution in [2.24, 2.45) is 0 Å². The van der Waals surface area contributed by atoms with Gasteiger partial charge in [-0.25, -0.2) is 4.98 Å². The van der Waals surface area contributed by atoms with Crippen molar-refractivity contribution in [1.29, 1.82) is 0 Å². The van der Waals surface area contributed by atoms with Crippen LogP contribution in [0.15, 0.2) is 55.1 Å². The number of hydrogen-bond donors (Lipinski definition) is 2. The highest BCUT2D eigenvalue weighted by Crippen LogP contribution is 2.22. The molecule has 1 aliphatic heterocycles. The summed E-state index contributed by atoms with van der Waals surface area (Å²) in [5.74, 6) is -0.313. The van der Waals surface area contributed by atoms with Gasteiger partial charge in [0.15, 0.2) is 0 Å². The van der Waals surface area contributed by atoms with Gasteiger partial charge in [-0.15, -0.1) is 5.10 Å². The van der Waals surface area contributed by atoms with Crippen LogP contribution in [0, 0.1) is 0 Å². The second kappa shape index (κ2) is 10.2. The lowest BCUT2D eigenvalue weighted by Crippen LogP contribution is -2.51. The third-order valence-corrected chi connectivity index (χ3v) is 5.40. The summed E-state index contributed by atoms with van der Waals surface area (Å²) in [5.41, 5.74) is 2.38. The van der Waals surface area contributed by atoms with E-state index in [0.717, 1.165) is 31.4 Å². The molecule has 1 fully saturated rings. The molecule has 9 nitrogen and oxygen atoms in total. The van der Waals surface area contributed by atoms with Gasteiger partial charge < -0.3 is 15.2 Å². The first kappa shape index (κ1) is 21.1. The summed E-state index contributed by atoms with van der Waals surface area (Å²) in [6.45, 7) is 0.522. The summed E-state index contributed by atoms with van der Waals surface area (Å²) in [7, 11) is 0. The number of benzene rings is 1. The molecule has 0 unspecified atom stereocenters. The maximum Gasteiger partial charge on any atom is 0.271 e. The summed E-state index contributed by atoms with van der Waals surface area (Å²) < 4.78 is 7.88. The van der Waals surface area contributed by atoms with Gasteiger partial charge in [-0.1, -0.05) is 35.5 Å². The largest absolute Gasteiger partial charge is 0.394 e. The van der Waals surface area contributed by atoms with Gasteiger partial charge in [-0.2, -0.15) is 0 Å². The van der Waals surface area contributed by atoms with E-state index in [1.807, 2.05) is 29.1 Å².